The molecule has 1 rings (SSSR count). The van der Waals surface area contributed by atoms with Gasteiger partial charge in [0.25, 0.3) is 0 Å². The van der Waals surface area contributed by atoms with E-state index in [1.165, 1.54) is 10.9 Å². The molecule has 1 heterocycles. The van der Waals surface area contributed by atoms with Crippen LogP contribution in [0.4, 0.5) is 5.69 Å². The van der Waals surface area contributed by atoms with Gasteiger partial charge in [0.2, 0.25) is 0 Å². The molecule has 0 N–H and O–H groups in total. The lowest BCUT2D eigenvalue weighted by Crippen LogP contribution is -2.21. The van der Waals surface area contributed by atoms with Crippen molar-refractivity contribution in [1.82, 2.24) is 9.78 Å². The van der Waals surface area contributed by atoms with Crippen LogP contribution in [0.1, 0.15) is 26.8 Å². The topological polar surface area (TPSA) is 87.3 Å². The van der Waals surface area contributed by atoms with Gasteiger partial charge in [0.15, 0.2) is 0 Å². The van der Waals surface area contributed by atoms with E-state index in [1.807, 2.05) is 13.8 Å². The Bertz CT molecular complexity index is 413. The molecule has 0 saturated carbocycles. The normalized spacial score (nSPS) is 12.5. The zero-order chi connectivity index (χ0) is 13.0. The summed E-state index contributed by atoms with van der Waals surface area (Å²) in [6.07, 6.45) is 2.31. The Morgan fingerprint density at radius 2 is 2.24 bits per heavy atom. The minimum absolute atomic E-state index is 0.145. The molecular formula is C10H15N3O4. The fourth-order valence-electron chi connectivity index (χ4n) is 1.11. The van der Waals surface area contributed by atoms with Gasteiger partial charge < -0.3 is 4.74 Å². The second-order valence-corrected chi connectivity index (χ2v) is 4.14. The van der Waals surface area contributed by atoms with Gasteiger partial charge in [-0.3, -0.25) is 14.8 Å². The largest absolute Gasteiger partial charge is 0.464 e. The summed E-state index contributed by atoms with van der Waals surface area (Å²) in [5.41, 5.74) is -0.145. The van der Waals surface area contributed by atoms with Crippen LogP contribution in [-0.4, -0.2) is 27.3 Å². The van der Waals surface area contributed by atoms with Gasteiger partial charge in [-0.15, -0.1) is 0 Å². The van der Waals surface area contributed by atoms with E-state index in [-0.39, 0.29) is 11.6 Å². The third kappa shape index (κ3) is 3.54. The molecule has 94 valence electrons. The summed E-state index contributed by atoms with van der Waals surface area (Å²) in [4.78, 5) is 21.5. The molecule has 1 aromatic heterocycles. The summed E-state index contributed by atoms with van der Waals surface area (Å²) in [6, 6.07) is -0.664. The van der Waals surface area contributed by atoms with E-state index in [1.54, 1.807) is 6.92 Å². The van der Waals surface area contributed by atoms with Gasteiger partial charge in [0.05, 0.1) is 11.5 Å². The van der Waals surface area contributed by atoms with E-state index in [4.69, 9.17) is 4.74 Å². The SMILES string of the molecule is CC(C)COC(=O)C(C)n1cc([N+](=O)[O-])cn1. The maximum atomic E-state index is 11.6. The second kappa shape index (κ2) is 5.42. The number of hydrogen-bond acceptors (Lipinski definition) is 5. The highest BCUT2D eigenvalue weighted by Crippen LogP contribution is 2.14. The molecule has 1 atom stereocenters. The van der Waals surface area contributed by atoms with Crippen LogP contribution < -0.4 is 0 Å². The van der Waals surface area contributed by atoms with Gasteiger partial charge in [-0.05, 0) is 12.8 Å². The third-order valence-electron chi connectivity index (χ3n) is 2.10. The van der Waals surface area contributed by atoms with Gasteiger partial charge in [0.1, 0.15) is 18.4 Å². The van der Waals surface area contributed by atoms with Crippen molar-refractivity contribution in [2.45, 2.75) is 26.8 Å². The van der Waals surface area contributed by atoms with Crippen molar-refractivity contribution in [1.29, 1.82) is 0 Å². The van der Waals surface area contributed by atoms with Gasteiger partial charge in [0, 0.05) is 0 Å². The number of carbonyl (C=O) groups excluding carboxylic acids is 1. The summed E-state index contributed by atoms with van der Waals surface area (Å²) in [6.45, 7) is 5.76. The van der Waals surface area contributed by atoms with Crippen LogP contribution in [0.3, 0.4) is 0 Å². The standard InChI is InChI=1S/C10H15N3O4/c1-7(2)6-17-10(14)8(3)12-5-9(4-11-12)13(15)16/h4-5,7-8H,6H2,1-3H3. The number of rotatable bonds is 5. The summed E-state index contributed by atoms with van der Waals surface area (Å²) in [5.74, 6) is -0.199. The quantitative estimate of drug-likeness (QED) is 0.443. The summed E-state index contributed by atoms with van der Waals surface area (Å²) >= 11 is 0. The zero-order valence-corrected chi connectivity index (χ0v) is 9.99. The molecule has 0 radical (unpaired) electrons. The van der Waals surface area contributed by atoms with E-state index >= 15 is 0 Å². The van der Waals surface area contributed by atoms with E-state index in [2.05, 4.69) is 5.10 Å². The number of esters is 1. The van der Waals surface area contributed by atoms with Gasteiger partial charge in [-0.25, -0.2) is 4.79 Å². The molecule has 0 aliphatic heterocycles. The van der Waals surface area contributed by atoms with Crippen LogP contribution >= 0.6 is 0 Å². The van der Waals surface area contributed by atoms with Crippen molar-refractivity contribution in [2.24, 2.45) is 5.92 Å². The minimum Gasteiger partial charge on any atom is -0.464 e. The molecule has 0 saturated heterocycles. The zero-order valence-electron chi connectivity index (χ0n) is 9.99. The fraction of sp³-hybridized carbons (Fsp3) is 0.600. The predicted molar refractivity (Wildman–Crippen MR) is 59.4 cm³/mol. The van der Waals surface area contributed by atoms with Crippen molar-refractivity contribution in [3.8, 4) is 0 Å². The minimum atomic E-state index is -0.664. The first kappa shape index (κ1) is 13.1. The van der Waals surface area contributed by atoms with Crippen molar-refractivity contribution in [2.75, 3.05) is 6.61 Å². The molecule has 17 heavy (non-hydrogen) atoms. The first-order chi connectivity index (χ1) is 7.91. The Hall–Kier alpha value is -1.92. The molecule has 1 unspecified atom stereocenters. The van der Waals surface area contributed by atoms with Crippen molar-refractivity contribution >= 4 is 11.7 Å². The lowest BCUT2D eigenvalue weighted by molar-refractivity contribution is -0.385. The lowest BCUT2D eigenvalue weighted by atomic mass is 10.2. The Labute approximate surface area is 98.5 Å². The third-order valence-corrected chi connectivity index (χ3v) is 2.10. The van der Waals surface area contributed by atoms with Gasteiger partial charge in [-0.2, -0.15) is 5.10 Å². The fourth-order valence-corrected chi connectivity index (χ4v) is 1.11. The Morgan fingerprint density at radius 3 is 2.71 bits per heavy atom. The highest BCUT2D eigenvalue weighted by atomic mass is 16.6. The maximum absolute atomic E-state index is 11.6. The van der Waals surface area contributed by atoms with Crippen molar-refractivity contribution < 1.29 is 14.5 Å². The van der Waals surface area contributed by atoms with E-state index in [9.17, 15) is 14.9 Å². The monoisotopic (exact) mass is 241 g/mol. The maximum Gasteiger partial charge on any atom is 0.330 e. The van der Waals surface area contributed by atoms with Gasteiger partial charge in [-0.1, -0.05) is 13.8 Å². The number of carbonyl (C=O) groups is 1. The van der Waals surface area contributed by atoms with Crippen LogP contribution in [0.2, 0.25) is 0 Å². The molecular weight excluding hydrogens is 226 g/mol. The predicted octanol–water partition coefficient (Wildman–Crippen LogP) is 1.55. The van der Waals surface area contributed by atoms with E-state index in [0.717, 1.165) is 6.20 Å². The molecule has 0 spiro atoms. The Balaban J connectivity index is 2.64. The van der Waals surface area contributed by atoms with Crippen molar-refractivity contribution in [3.63, 3.8) is 0 Å². The van der Waals surface area contributed by atoms with E-state index < -0.39 is 16.9 Å². The van der Waals surface area contributed by atoms with Crippen molar-refractivity contribution in [3.05, 3.63) is 22.5 Å². The first-order valence-electron chi connectivity index (χ1n) is 5.27. The molecule has 7 nitrogen and oxygen atoms in total. The van der Waals surface area contributed by atoms with Crippen LogP contribution in [-0.2, 0) is 9.53 Å². The number of nitrogens with zero attached hydrogens (tertiary/aromatic N) is 3. The smallest absolute Gasteiger partial charge is 0.330 e. The summed E-state index contributed by atoms with van der Waals surface area (Å²) in [7, 11) is 0. The second-order valence-electron chi connectivity index (χ2n) is 4.14. The molecule has 0 aliphatic carbocycles. The average Bonchev–Trinajstić information content (AvgIpc) is 2.73. The average molecular weight is 241 g/mol. The molecule has 1 aromatic rings. The highest BCUT2D eigenvalue weighted by Gasteiger charge is 2.20. The molecule has 7 heteroatoms. The molecule has 0 aromatic carbocycles. The van der Waals surface area contributed by atoms with E-state index in [0.29, 0.717) is 6.61 Å². The number of nitro groups is 1. The number of ether oxygens (including phenoxy) is 1. The first-order valence-corrected chi connectivity index (χ1v) is 5.27. The van der Waals surface area contributed by atoms with Crippen LogP contribution in [0, 0.1) is 16.0 Å². The van der Waals surface area contributed by atoms with Crippen LogP contribution in [0.25, 0.3) is 0 Å². The molecule has 0 bridgehead atoms. The van der Waals surface area contributed by atoms with Crippen LogP contribution in [0.15, 0.2) is 12.4 Å². The molecule has 0 fully saturated rings. The van der Waals surface area contributed by atoms with Gasteiger partial charge >= 0.3 is 11.7 Å². The number of hydrogen-bond donors (Lipinski definition) is 0. The lowest BCUT2D eigenvalue weighted by Gasteiger charge is -2.12. The number of aromatic nitrogens is 2. The Morgan fingerprint density at radius 1 is 1.59 bits per heavy atom. The summed E-state index contributed by atoms with van der Waals surface area (Å²) in [5, 5.41) is 14.2. The molecule has 0 aliphatic rings. The van der Waals surface area contributed by atoms with Crippen LogP contribution in [0.5, 0.6) is 0 Å². The Kier molecular flexibility index (Phi) is 4.19. The highest BCUT2D eigenvalue weighted by molar-refractivity contribution is 5.73. The molecule has 0 amide bonds. The summed E-state index contributed by atoms with van der Waals surface area (Å²) < 4.78 is 6.24.